The second kappa shape index (κ2) is 9.21. The molecule has 0 aliphatic heterocycles. The Kier molecular flexibility index (Phi) is 5.97. The molecule has 1 unspecified atom stereocenters. The Morgan fingerprint density at radius 2 is 1.76 bits per heavy atom. The van der Waals surface area contributed by atoms with Gasteiger partial charge in [-0.05, 0) is 61.7 Å². The maximum Gasteiger partial charge on any atom is 0.257 e. The van der Waals surface area contributed by atoms with Gasteiger partial charge < -0.3 is 9.15 Å². The number of aryl methyl sites for hydroxylation is 1. The molecule has 0 radical (unpaired) electrons. The summed E-state index contributed by atoms with van der Waals surface area (Å²) in [5, 5.41) is 20.1. The Bertz CT molecular complexity index is 1340. The first kappa shape index (κ1) is 21.4. The lowest BCUT2D eigenvalue weighted by Gasteiger charge is -2.12. The lowest BCUT2D eigenvalue weighted by Crippen LogP contribution is -2.01. The van der Waals surface area contributed by atoms with E-state index in [-0.39, 0.29) is 5.25 Å². The van der Waals surface area contributed by atoms with Gasteiger partial charge in [0.1, 0.15) is 5.75 Å². The lowest BCUT2D eigenvalue weighted by molar-refractivity contribution is 0.415. The highest BCUT2D eigenvalue weighted by molar-refractivity contribution is 7.99. The van der Waals surface area contributed by atoms with Crippen LogP contribution in [0.1, 0.15) is 23.6 Å². The van der Waals surface area contributed by atoms with Crippen molar-refractivity contribution in [2.45, 2.75) is 24.3 Å². The van der Waals surface area contributed by atoms with Gasteiger partial charge in [-0.2, -0.15) is 0 Å². The first-order valence-corrected chi connectivity index (χ1v) is 12.1. The van der Waals surface area contributed by atoms with E-state index in [2.05, 4.69) is 56.2 Å². The van der Waals surface area contributed by atoms with Crippen LogP contribution in [-0.2, 0) is 0 Å². The van der Waals surface area contributed by atoms with Gasteiger partial charge in [-0.3, -0.25) is 4.57 Å². The quantitative estimate of drug-likeness (QED) is 0.259. The molecule has 9 heteroatoms. The number of hydrogen-bond donors (Lipinski definition) is 0. The molecule has 3 heterocycles. The van der Waals surface area contributed by atoms with Crippen molar-refractivity contribution in [1.82, 2.24) is 25.0 Å². The van der Waals surface area contributed by atoms with Crippen molar-refractivity contribution in [1.29, 1.82) is 0 Å². The van der Waals surface area contributed by atoms with E-state index in [1.54, 1.807) is 18.4 Å². The highest BCUT2D eigenvalue weighted by Gasteiger charge is 2.22. The molecule has 3 aromatic heterocycles. The van der Waals surface area contributed by atoms with E-state index in [0.29, 0.717) is 11.8 Å². The van der Waals surface area contributed by atoms with Crippen LogP contribution in [0, 0.1) is 6.92 Å². The highest BCUT2D eigenvalue weighted by Crippen LogP contribution is 2.37. The van der Waals surface area contributed by atoms with Crippen LogP contribution in [-0.4, -0.2) is 32.1 Å². The summed E-state index contributed by atoms with van der Waals surface area (Å²) in [6.45, 7) is 4.09. The summed E-state index contributed by atoms with van der Waals surface area (Å²) in [6, 6.07) is 20.0. The average Bonchev–Trinajstić information content (AvgIpc) is 3.60. The Balaban J connectivity index is 1.50. The Morgan fingerprint density at radius 1 is 0.970 bits per heavy atom. The zero-order valence-corrected chi connectivity index (χ0v) is 19.9. The molecule has 0 aliphatic rings. The topological polar surface area (TPSA) is 78.9 Å². The summed E-state index contributed by atoms with van der Waals surface area (Å²) in [5.74, 6) is 2.63. The first-order valence-electron chi connectivity index (χ1n) is 10.3. The van der Waals surface area contributed by atoms with E-state index >= 15 is 0 Å². The van der Waals surface area contributed by atoms with Gasteiger partial charge in [0.15, 0.2) is 11.0 Å². The van der Waals surface area contributed by atoms with Crippen molar-refractivity contribution in [3.63, 3.8) is 0 Å². The van der Waals surface area contributed by atoms with Crippen LogP contribution in [0.15, 0.2) is 75.6 Å². The summed E-state index contributed by atoms with van der Waals surface area (Å²) < 4.78 is 13.3. The number of rotatable bonds is 7. The molecule has 0 spiro atoms. The number of thioether (sulfide) groups is 1. The zero-order valence-electron chi connectivity index (χ0n) is 18.3. The van der Waals surface area contributed by atoms with Crippen LogP contribution in [0.2, 0.25) is 0 Å². The Labute approximate surface area is 199 Å². The predicted octanol–water partition coefficient (Wildman–Crippen LogP) is 6.22. The largest absolute Gasteiger partial charge is 0.497 e. The van der Waals surface area contributed by atoms with Crippen LogP contribution < -0.4 is 4.74 Å². The molecule has 0 saturated carbocycles. The van der Waals surface area contributed by atoms with Gasteiger partial charge in [0.2, 0.25) is 5.89 Å². The molecule has 5 rings (SSSR count). The molecule has 33 heavy (non-hydrogen) atoms. The molecule has 7 nitrogen and oxygen atoms in total. The summed E-state index contributed by atoms with van der Waals surface area (Å²) in [5.41, 5.74) is 3.12. The molecule has 2 aromatic carbocycles. The molecule has 0 N–H and O–H groups in total. The van der Waals surface area contributed by atoms with E-state index in [1.807, 2.05) is 48.7 Å². The molecular formula is C24H21N5O2S2. The van der Waals surface area contributed by atoms with Crippen LogP contribution in [0.4, 0.5) is 0 Å². The fourth-order valence-corrected chi connectivity index (χ4v) is 4.85. The minimum absolute atomic E-state index is 0.108. The smallest absolute Gasteiger partial charge is 0.257 e. The monoisotopic (exact) mass is 475 g/mol. The number of methoxy groups -OCH3 is 1. The fourth-order valence-electron chi connectivity index (χ4n) is 3.31. The molecule has 0 bridgehead atoms. The number of ether oxygens (including phenoxy) is 1. The highest BCUT2D eigenvalue weighted by atomic mass is 32.2. The van der Waals surface area contributed by atoms with Crippen molar-refractivity contribution in [3.05, 3.63) is 77.5 Å². The van der Waals surface area contributed by atoms with Crippen LogP contribution in [0.25, 0.3) is 27.8 Å². The third-order valence-corrected chi connectivity index (χ3v) is 6.96. The Morgan fingerprint density at radius 3 is 2.45 bits per heavy atom. The van der Waals surface area contributed by atoms with Gasteiger partial charge in [-0.25, -0.2) is 0 Å². The van der Waals surface area contributed by atoms with Crippen molar-refractivity contribution < 1.29 is 9.15 Å². The minimum atomic E-state index is -0.108. The minimum Gasteiger partial charge on any atom is -0.497 e. The number of thiophene rings is 1. The second-order valence-electron chi connectivity index (χ2n) is 7.39. The van der Waals surface area contributed by atoms with E-state index in [9.17, 15) is 0 Å². The Hall–Kier alpha value is -3.43. The summed E-state index contributed by atoms with van der Waals surface area (Å²) in [6.07, 6.45) is 0. The third-order valence-electron chi connectivity index (χ3n) is 5.08. The maximum absolute atomic E-state index is 5.94. The van der Waals surface area contributed by atoms with Crippen molar-refractivity contribution in [2.24, 2.45) is 0 Å². The molecule has 166 valence electrons. The molecule has 0 saturated heterocycles. The summed E-state index contributed by atoms with van der Waals surface area (Å²) in [4.78, 5) is 0.954. The molecule has 0 aliphatic carbocycles. The van der Waals surface area contributed by atoms with Gasteiger partial charge in [0.25, 0.3) is 5.89 Å². The number of nitrogens with zero attached hydrogens (tertiary/aromatic N) is 5. The summed E-state index contributed by atoms with van der Waals surface area (Å²) in [7, 11) is 1.65. The first-order chi connectivity index (χ1) is 16.1. The van der Waals surface area contributed by atoms with Crippen LogP contribution in [0.5, 0.6) is 5.75 Å². The van der Waals surface area contributed by atoms with Crippen molar-refractivity contribution >= 4 is 23.1 Å². The van der Waals surface area contributed by atoms with E-state index in [4.69, 9.17) is 9.15 Å². The number of hydrogen-bond acceptors (Lipinski definition) is 8. The van der Waals surface area contributed by atoms with Gasteiger partial charge in [0.05, 0.1) is 17.2 Å². The van der Waals surface area contributed by atoms with Crippen molar-refractivity contribution in [3.8, 4) is 33.6 Å². The van der Waals surface area contributed by atoms with Gasteiger partial charge in [0, 0.05) is 11.3 Å². The lowest BCUT2D eigenvalue weighted by atomic mass is 10.2. The third kappa shape index (κ3) is 4.42. The number of aromatic nitrogens is 5. The van der Waals surface area contributed by atoms with E-state index in [1.165, 1.54) is 17.3 Å². The van der Waals surface area contributed by atoms with Crippen molar-refractivity contribution in [2.75, 3.05) is 7.11 Å². The van der Waals surface area contributed by atoms with Gasteiger partial charge in [-0.1, -0.05) is 35.5 Å². The SMILES string of the molecule is COc1ccc(-c2nnc(SC(C)c3nnc(-c4cccs4)o3)n2-c2ccc(C)cc2)cc1. The zero-order chi connectivity index (χ0) is 22.8. The van der Waals surface area contributed by atoms with Gasteiger partial charge >= 0.3 is 0 Å². The molecule has 0 amide bonds. The van der Waals surface area contributed by atoms with E-state index in [0.717, 1.165) is 32.9 Å². The molecular weight excluding hydrogens is 454 g/mol. The molecule has 0 fully saturated rings. The molecule has 5 aromatic rings. The average molecular weight is 476 g/mol. The van der Waals surface area contributed by atoms with E-state index < -0.39 is 0 Å². The maximum atomic E-state index is 5.94. The fraction of sp³-hybridized carbons (Fsp3) is 0.167. The second-order valence-corrected chi connectivity index (χ2v) is 9.64. The molecule has 1 atom stereocenters. The normalized spacial score (nSPS) is 12.1. The standard InChI is InChI=1S/C24H21N5O2S2/c1-15-6-10-18(11-7-15)29-21(17-8-12-19(30-3)13-9-17)25-28-24(29)33-16(2)22-26-27-23(31-22)20-5-4-14-32-20/h4-14,16H,1-3H3. The summed E-state index contributed by atoms with van der Waals surface area (Å²) >= 11 is 3.10. The van der Waals surface area contributed by atoms with Crippen LogP contribution >= 0.6 is 23.1 Å². The number of benzene rings is 2. The predicted molar refractivity (Wildman–Crippen MR) is 130 cm³/mol. The van der Waals surface area contributed by atoms with Crippen LogP contribution in [0.3, 0.4) is 0 Å². The van der Waals surface area contributed by atoms with Gasteiger partial charge in [-0.15, -0.1) is 31.7 Å².